The van der Waals surface area contributed by atoms with E-state index in [1.54, 1.807) is 12.4 Å². The summed E-state index contributed by atoms with van der Waals surface area (Å²) < 4.78 is 0. The van der Waals surface area contributed by atoms with Crippen LogP contribution in [0.25, 0.3) is 5.69 Å². The molecule has 17 heavy (non-hydrogen) atoms. The first-order valence-corrected chi connectivity index (χ1v) is 6.24. The highest BCUT2D eigenvalue weighted by Crippen LogP contribution is 2.12. The Balaban J connectivity index is 2.06. The lowest BCUT2D eigenvalue weighted by atomic mass is 10.3. The van der Waals surface area contributed by atoms with Gasteiger partial charge in [-0.15, -0.1) is 0 Å². The molecule has 88 valence electrons. The van der Waals surface area contributed by atoms with Crippen molar-refractivity contribution in [2.24, 2.45) is 0 Å². The molecule has 0 fully saturated rings. The van der Waals surface area contributed by atoms with Gasteiger partial charge in [0, 0.05) is 17.4 Å². The summed E-state index contributed by atoms with van der Waals surface area (Å²) in [5.74, 6) is -0.00756. The number of benzene rings is 1. The number of carbonyl (C=O) groups is 1. The highest BCUT2D eigenvalue weighted by atomic mass is 79.9. The van der Waals surface area contributed by atoms with E-state index >= 15 is 0 Å². The smallest absolute Gasteiger partial charge is 0.225 e. The molecule has 1 amide bonds. The van der Waals surface area contributed by atoms with E-state index in [4.69, 9.17) is 0 Å². The molecular weight excluding hydrogens is 284 g/mol. The molecule has 0 aliphatic heterocycles. The van der Waals surface area contributed by atoms with E-state index < -0.39 is 0 Å². The summed E-state index contributed by atoms with van der Waals surface area (Å²) in [6, 6.07) is 7.35. The zero-order valence-electron chi connectivity index (χ0n) is 9.01. The van der Waals surface area contributed by atoms with E-state index in [2.05, 4.69) is 31.4 Å². The predicted molar refractivity (Wildman–Crippen MR) is 68.4 cm³/mol. The van der Waals surface area contributed by atoms with Gasteiger partial charge in [-0.05, 0) is 24.3 Å². The van der Waals surface area contributed by atoms with Crippen LogP contribution in [0.5, 0.6) is 0 Å². The molecule has 6 heteroatoms. The third-order valence-corrected chi connectivity index (χ3v) is 2.52. The lowest BCUT2D eigenvalue weighted by Crippen LogP contribution is -2.11. The molecule has 2 aromatic rings. The largest absolute Gasteiger partial charge is 0.326 e. The Bertz CT molecular complexity index is 481. The second kappa shape index (κ2) is 5.58. The molecular formula is C11H11BrN4O. The van der Waals surface area contributed by atoms with E-state index in [0.29, 0.717) is 11.8 Å². The van der Waals surface area contributed by atoms with Gasteiger partial charge in [-0.1, -0.05) is 15.9 Å². The molecule has 1 aromatic heterocycles. The molecule has 1 N–H and O–H groups in total. The zero-order valence-corrected chi connectivity index (χ0v) is 10.6. The Morgan fingerprint density at radius 2 is 1.88 bits per heavy atom. The number of alkyl halides is 1. The number of nitrogens with one attached hydrogen (secondary N) is 1. The molecule has 0 unspecified atom stereocenters. The van der Waals surface area contributed by atoms with E-state index in [9.17, 15) is 4.79 Å². The number of anilines is 1. The fraction of sp³-hybridized carbons (Fsp3) is 0.182. The van der Waals surface area contributed by atoms with Crippen molar-refractivity contribution >= 4 is 27.5 Å². The van der Waals surface area contributed by atoms with E-state index in [1.165, 1.54) is 4.80 Å². The highest BCUT2D eigenvalue weighted by Gasteiger charge is 2.02. The first-order chi connectivity index (χ1) is 8.29. The number of hydrogen-bond donors (Lipinski definition) is 1. The van der Waals surface area contributed by atoms with Gasteiger partial charge in [0.25, 0.3) is 0 Å². The van der Waals surface area contributed by atoms with Crippen molar-refractivity contribution in [3.8, 4) is 5.69 Å². The monoisotopic (exact) mass is 294 g/mol. The molecule has 0 spiro atoms. The topological polar surface area (TPSA) is 59.8 Å². The lowest BCUT2D eigenvalue weighted by molar-refractivity contribution is -0.115. The first-order valence-electron chi connectivity index (χ1n) is 5.12. The van der Waals surface area contributed by atoms with Crippen molar-refractivity contribution in [1.29, 1.82) is 0 Å². The molecule has 2 rings (SSSR count). The van der Waals surface area contributed by atoms with Crippen LogP contribution in [0.4, 0.5) is 5.69 Å². The third-order valence-electron chi connectivity index (χ3n) is 2.12. The van der Waals surface area contributed by atoms with Crippen LogP contribution >= 0.6 is 15.9 Å². The normalized spacial score (nSPS) is 10.2. The standard InChI is InChI=1S/C11H11BrN4O/c12-6-5-11(17)15-9-1-3-10(4-2-9)16-13-7-8-14-16/h1-4,7-8H,5-6H2,(H,15,17). The molecule has 0 saturated heterocycles. The summed E-state index contributed by atoms with van der Waals surface area (Å²) in [5, 5.41) is 11.5. The maximum absolute atomic E-state index is 11.4. The number of amides is 1. The van der Waals surface area contributed by atoms with Gasteiger partial charge in [0.1, 0.15) is 0 Å². The van der Waals surface area contributed by atoms with Gasteiger partial charge in [0.2, 0.25) is 5.91 Å². The summed E-state index contributed by atoms with van der Waals surface area (Å²) >= 11 is 3.22. The van der Waals surface area contributed by atoms with Gasteiger partial charge in [0.15, 0.2) is 0 Å². The predicted octanol–water partition coefficient (Wildman–Crippen LogP) is 1.99. The Kier molecular flexibility index (Phi) is 3.87. The van der Waals surface area contributed by atoms with Crippen LogP contribution in [0.2, 0.25) is 0 Å². The first kappa shape index (κ1) is 11.8. The van der Waals surface area contributed by atoms with E-state index in [-0.39, 0.29) is 5.91 Å². The van der Waals surface area contributed by atoms with Gasteiger partial charge < -0.3 is 5.32 Å². The second-order valence-electron chi connectivity index (χ2n) is 3.35. The SMILES string of the molecule is O=C(CCBr)Nc1ccc(-n2nccn2)cc1. The van der Waals surface area contributed by atoms with Gasteiger partial charge in [0.05, 0.1) is 18.1 Å². The summed E-state index contributed by atoms with van der Waals surface area (Å²) in [6.07, 6.45) is 3.69. The van der Waals surface area contributed by atoms with Crippen molar-refractivity contribution in [1.82, 2.24) is 15.0 Å². The van der Waals surface area contributed by atoms with Gasteiger partial charge in [-0.25, -0.2) is 0 Å². The number of hydrogen-bond acceptors (Lipinski definition) is 3. The van der Waals surface area contributed by atoms with Crippen molar-refractivity contribution in [2.45, 2.75) is 6.42 Å². The fourth-order valence-electron chi connectivity index (χ4n) is 1.34. The average Bonchev–Trinajstić information content (AvgIpc) is 2.84. The number of halogens is 1. The zero-order chi connectivity index (χ0) is 12.1. The van der Waals surface area contributed by atoms with Crippen molar-refractivity contribution in [3.63, 3.8) is 0 Å². The summed E-state index contributed by atoms with van der Waals surface area (Å²) in [5.41, 5.74) is 1.63. The molecule has 0 aliphatic rings. The van der Waals surface area contributed by atoms with Crippen LogP contribution in [-0.4, -0.2) is 26.2 Å². The number of rotatable bonds is 4. The summed E-state index contributed by atoms with van der Waals surface area (Å²) in [4.78, 5) is 12.9. The van der Waals surface area contributed by atoms with Gasteiger partial charge in [-0.2, -0.15) is 15.0 Å². The minimum absolute atomic E-state index is 0.00756. The van der Waals surface area contributed by atoms with Gasteiger partial charge >= 0.3 is 0 Å². The molecule has 1 heterocycles. The lowest BCUT2D eigenvalue weighted by Gasteiger charge is -2.05. The minimum atomic E-state index is -0.00756. The maximum atomic E-state index is 11.4. The molecule has 0 atom stereocenters. The molecule has 5 nitrogen and oxygen atoms in total. The molecule has 0 radical (unpaired) electrons. The van der Waals surface area contributed by atoms with Crippen LogP contribution < -0.4 is 5.32 Å². The Morgan fingerprint density at radius 3 is 2.47 bits per heavy atom. The Hall–Kier alpha value is -1.69. The van der Waals surface area contributed by atoms with E-state index in [0.717, 1.165) is 11.4 Å². The number of nitrogens with zero attached hydrogens (tertiary/aromatic N) is 3. The highest BCUT2D eigenvalue weighted by molar-refractivity contribution is 9.09. The van der Waals surface area contributed by atoms with Crippen LogP contribution in [0.1, 0.15) is 6.42 Å². The number of carbonyl (C=O) groups excluding carboxylic acids is 1. The van der Waals surface area contributed by atoms with Crippen molar-refractivity contribution in [3.05, 3.63) is 36.7 Å². The second-order valence-corrected chi connectivity index (χ2v) is 4.15. The summed E-state index contributed by atoms with van der Waals surface area (Å²) in [7, 11) is 0. The van der Waals surface area contributed by atoms with Crippen LogP contribution in [0.15, 0.2) is 36.7 Å². The van der Waals surface area contributed by atoms with Crippen molar-refractivity contribution < 1.29 is 4.79 Å². The van der Waals surface area contributed by atoms with Crippen LogP contribution in [-0.2, 0) is 4.79 Å². The fourth-order valence-corrected chi connectivity index (χ4v) is 1.70. The van der Waals surface area contributed by atoms with Crippen LogP contribution in [0.3, 0.4) is 0 Å². The molecule has 1 aromatic carbocycles. The van der Waals surface area contributed by atoms with Gasteiger partial charge in [-0.3, -0.25) is 4.79 Å². The molecule has 0 bridgehead atoms. The average molecular weight is 295 g/mol. The Morgan fingerprint density at radius 1 is 1.24 bits per heavy atom. The van der Waals surface area contributed by atoms with Crippen LogP contribution in [0, 0.1) is 0 Å². The van der Waals surface area contributed by atoms with E-state index in [1.807, 2.05) is 24.3 Å². The molecule has 0 saturated carbocycles. The minimum Gasteiger partial charge on any atom is -0.326 e. The summed E-state index contributed by atoms with van der Waals surface area (Å²) in [6.45, 7) is 0. The molecule has 0 aliphatic carbocycles. The quantitative estimate of drug-likeness (QED) is 0.878. The van der Waals surface area contributed by atoms with Crippen molar-refractivity contribution in [2.75, 3.05) is 10.6 Å². The Labute approximate surface area is 107 Å². The number of aromatic nitrogens is 3. The third kappa shape index (κ3) is 3.13. The maximum Gasteiger partial charge on any atom is 0.225 e.